The molecule has 4 aliphatic carbocycles. The number of nitrogens with one attached hydrogen (secondary N) is 1. The first-order valence-electron chi connectivity index (χ1n) is 26.1. The van der Waals surface area contributed by atoms with E-state index in [1.54, 1.807) is 54.5 Å². The molecule has 2 unspecified atom stereocenters. The molecular formula is C53H88FN3O13. The molecule has 0 spiro atoms. The first-order chi connectivity index (χ1) is 32.3. The Balaban J connectivity index is 1.23. The summed E-state index contributed by atoms with van der Waals surface area (Å²) < 4.78 is 36.4. The van der Waals surface area contributed by atoms with Crippen molar-refractivity contribution >= 4 is 17.7 Å². The van der Waals surface area contributed by atoms with Gasteiger partial charge in [0, 0.05) is 54.4 Å². The Morgan fingerprint density at radius 3 is 2.24 bits per heavy atom. The van der Waals surface area contributed by atoms with Crippen LogP contribution >= 0.6 is 0 Å². The van der Waals surface area contributed by atoms with Crippen LogP contribution in [-0.2, 0) is 28.6 Å². The van der Waals surface area contributed by atoms with E-state index in [1.807, 2.05) is 37.7 Å². The average molecular weight is 994 g/mol. The van der Waals surface area contributed by atoms with Gasteiger partial charge in [-0.1, -0.05) is 46.3 Å². The van der Waals surface area contributed by atoms with Crippen molar-refractivity contribution in [1.82, 2.24) is 15.1 Å². The molecule has 0 aromatic carbocycles. The van der Waals surface area contributed by atoms with E-state index < -0.39 is 124 Å². The highest BCUT2D eigenvalue weighted by Gasteiger charge is 2.76. The zero-order valence-electron chi connectivity index (χ0n) is 44.1. The number of ether oxygens (including phenoxy) is 3. The number of carbonyl (C=O) groups excluding carboxylic acids is 3. The maximum absolute atomic E-state index is 17.8. The third-order valence-electron chi connectivity index (χ3n) is 18.8. The van der Waals surface area contributed by atoms with E-state index in [4.69, 9.17) is 14.2 Å². The van der Waals surface area contributed by atoms with Gasteiger partial charge in [0.05, 0.1) is 35.9 Å². The number of carbonyl (C=O) groups is 3. The highest BCUT2D eigenvalue weighted by atomic mass is 19.1. The minimum atomic E-state index is -2.11. The van der Waals surface area contributed by atoms with E-state index in [0.717, 1.165) is 0 Å². The summed E-state index contributed by atoms with van der Waals surface area (Å²) in [5, 5.41) is 87.2. The van der Waals surface area contributed by atoms with E-state index in [2.05, 4.69) is 5.32 Å². The molecule has 16 nitrogen and oxygen atoms in total. The van der Waals surface area contributed by atoms with Crippen molar-refractivity contribution in [1.29, 1.82) is 0 Å². The number of hydrogen-bond donors (Lipinski definition) is 8. The van der Waals surface area contributed by atoms with Gasteiger partial charge >= 0.3 is 5.97 Å². The van der Waals surface area contributed by atoms with Gasteiger partial charge in [0.1, 0.15) is 23.9 Å². The molecule has 2 saturated heterocycles. The lowest BCUT2D eigenvalue weighted by atomic mass is 9.44. The van der Waals surface area contributed by atoms with Gasteiger partial charge < -0.3 is 60.2 Å². The number of esters is 1. The summed E-state index contributed by atoms with van der Waals surface area (Å²) in [6, 6.07) is -1.09. The fraction of sp³-hybridized carbons (Fsp3) is 0.868. The SMILES string of the molecule is CC[C@H]1OC(=O)[C@H](C)[C@@H](O)[C@H](C)[C@@H](O[C@@H]2O[C@H](C)C[C@@H](N(C)C)[C@H]2O)[C@](C)(O)C[C@@H](C)CN(CCCNC(=O)[C@@]2(O)[C@H](C)CC3C4CCC5=CC(=O)C=C[C@]5(C)[C@@]4(F)[C@@H](O)C[C@@]32C)[C@H](C)[C@@H](O)[C@]1(C)O. The van der Waals surface area contributed by atoms with Crippen molar-refractivity contribution in [2.75, 3.05) is 33.7 Å². The van der Waals surface area contributed by atoms with Gasteiger partial charge in [-0.15, -0.1) is 0 Å². The van der Waals surface area contributed by atoms with E-state index >= 15 is 4.39 Å². The van der Waals surface area contributed by atoms with E-state index in [1.165, 1.54) is 26.0 Å². The van der Waals surface area contributed by atoms with Crippen LogP contribution in [0.15, 0.2) is 23.8 Å². The maximum Gasteiger partial charge on any atom is 0.311 e. The Morgan fingerprint density at radius 2 is 1.61 bits per heavy atom. The number of aliphatic hydroxyl groups excluding tert-OH is 4. The highest BCUT2D eigenvalue weighted by Crippen LogP contribution is 2.70. The molecule has 70 heavy (non-hydrogen) atoms. The third-order valence-corrected chi connectivity index (χ3v) is 18.8. The second-order valence-corrected chi connectivity index (χ2v) is 24.0. The molecule has 22 atom stereocenters. The van der Waals surface area contributed by atoms with Crippen molar-refractivity contribution in [3.63, 3.8) is 0 Å². The molecule has 0 bridgehead atoms. The van der Waals surface area contributed by atoms with Gasteiger partial charge in [0.25, 0.3) is 5.91 Å². The Hall–Kier alpha value is -2.42. The smallest absolute Gasteiger partial charge is 0.311 e. The molecule has 2 aliphatic heterocycles. The summed E-state index contributed by atoms with van der Waals surface area (Å²) >= 11 is 0. The molecule has 17 heteroatoms. The zero-order valence-corrected chi connectivity index (χ0v) is 44.1. The van der Waals surface area contributed by atoms with Gasteiger partial charge in [0.2, 0.25) is 0 Å². The van der Waals surface area contributed by atoms with Crippen molar-refractivity contribution in [2.45, 2.75) is 211 Å². The van der Waals surface area contributed by atoms with Crippen LogP contribution in [0.2, 0.25) is 0 Å². The molecule has 2 heterocycles. The molecule has 8 N–H and O–H groups in total. The average Bonchev–Trinajstić information content (AvgIpc) is 3.48. The summed E-state index contributed by atoms with van der Waals surface area (Å²) in [5.41, 5.74) is -9.43. The van der Waals surface area contributed by atoms with E-state index in [0.29, 0.717) is 37.7 Å². The van der Waals surface area contributed by atoms with Crippen LogP contribution in [0, 0.1) is 46.3 Å². The summed E-state index contributed by atoms with van der Waals surface area (Å²) in [6.07, 6.45) is -2.79. The number of fused-ring (bicyclic) bond motifs is 5. The van der Waals surface area contributed by atoms with Crippen LogP contribution in [0.5, 0.6) is 0 Å². The number of nitrogens with zero attached hydrogens (tertiary/aromatic N) is 2. The number of ketones is 1. The fourth-order valence-electron chi connectivity index (χ4n) is 14.5. The topological polar surface area (TPSA) is 239 Å². The van der Waals surface area contributed by atoms with Gasteiger partial charge in [-0.2, -0.15) is 0 Å². The molecule has 0 aromatic rings. The lowest BCUT2D eigenvalue weighted by Gasteiger charge is -2.62. The van der Waals surface area contributed by atoms with Crippen molar-refractivity contribution < 1.29 is 68.7 Å². The number of amides is 1. The summed E-state index contributed by atoms with van der Waals surface area (Å²) in [6.45, 7) is 19.3. The second kappa shape index (κ2) is 20.7. The van der Waals surface area contributed by atoms with E-state index in [-0.39, 0.29) is 62.7 Å². The van der Waals surface area contributed by atoms with Crippen molar-refractivity contribution in [2.24, 2.45) is 46.3 Å². The molecule has 0 radical (unpaired) electrons. The van der Waals surface area contributed by atoms with Crippen molar-refractivity contribution in [3.05, 3.63) is 23.8 Å². The highest BCUT2D eigenvalue weighted by molar-refractivity contribution is 6.01. The number of hydrogen-bond acceptors (Lipinski definition) is 15. The molecule has 0 aromatic heterocycles. The van der Waals surface area contributed by atoms with Gasteiger partial charge in [-0.05, 0) is 137 Å². The molecule has 6 aliphatic rings. The number of likely N-dealkylation sites (N-methyl/N-ethyl adjacent to an activating group) is 1. The molecule has 5 fully saturated rings. The molecule has 6 rings (SSSR count). The molecule has 1 amide bonds. The molecule has 3 saturated carbocycles. The van der Waals surface area contributed by atoms with Gasteiger partial charge in [0.15, 0.2) is 23.3 Å². The Labute approximate surface area is 415 Å². The number of allylic oxidation sites excluding steroid dienone is 4. The molecular weight excluding hydrogens is 906 g/mol. The first kappa shape index (κ1) is 56.9. The van der Waals surface area contributed by atoms with Gasteiger partial charge in [-0.25, -0.2) is 4.39 Å². The van der Waals surface area contributed by atoms with Crippen LogP contribution in [0.4, 0.5) is 4.39 Å². The monoisotopic (exact) mass is 994 g/mol. The third kappa shape index (κ3) is 9.74. The van der Waals surface area contributed by atoms with Crippen LogP contribution in [0.3, 0.4) is 0 Å². The largest absolute Gasteiger partial charge is 0.459 e. The van der Waals surface area contributed by atoms with E-state index in [9.17, 15) is 50.1 Å². The predicted octanol–water partition coefficient (Wildman–Crippen LogP) is 3.20. The normalized spacial score (nSPS) is 49.7. The minimum absolute atomic E-state index is 0.0922. The second-order valence-electron chi connectivity index (χ2n) is 24.0. The standard InChI is InChI=1S/C53H88FN3O13/c1-14-40-51(11,66)43(62)33(7)57(27-28(2)25-50(10,65)44(31(5)41(60)32(6)45(63)69-40)70-46-42(61)38(56(12)13)23-30(4)68-46)21-15-20-55-47(64)53(67)29(3)22-37-36-17-16-34-24-35(58)18-19-48(34,8)52(36,54)39(59)26-49(37,53)9/h18-19,24,28-33,36-44,46,59-62,65-67H,14-17,20-23,25-27H2,1-13H3,(H,55,64)/t28-,29-,30-,31+,32-,33-,36?,37?,38-,39+,40-,41+,42-,43-,44-,46+,48+,49+,50-,51-,52+,53+/m1/s1. The van der Waals surface area contributed by atoms with Crippen molar-refractivity contribution in [3.8, 4) is 0 Å². The Bertz CT molecular complexity index is 1970. The minimum Gasteiger partial charge on any atom is -0.459 e. The molecule has 400 valence electrons. The summed E-state index contributed by atoms with van der Waals surface area (Å²) in [5.74, 6) is -5.72. The Kier molecular flexibility index (Phi) is 16.8. The number of cyclic esters (lactones) is 1. The predicted molar refractivity (Wildman–Crippen MR) is 259 cm³/mol. The van der Waals surface area contributed by atoms with Crippen LogP contribution in [0.25, 0.3) is 0 Å². The lowest BCUT2D eigenvalue weighted by Crippen LogP contribution is -2.70. The maximum atomic E-state index is 17.8. The zero-order chi connectivity index (χ0) is 52.4. The van der Waals surface area contributed by atoms with Crippen LogP contribution in [-0.4, -0.2) is 181 Å². The van der Waals surface area contributed by atoms with Crippen LogP contribution < -0.4 is 5.32 Å². The lowest BCUT2D eigenvalue weighted by molar-refractivity contribution is -0.299. The number of alkyl halides is 1. The number of halogens is 1. The van der Waals surface area contributed by atoms with Gasteiger partial charge in [-0.3, -0.25) is 19.3 Å². The summed E-state index contributed by atoms with van der Waals surface area (Å²) in [4.78, 5) is 44.4. The first-order valence-corrected chi connectivity index (χ1v) is 26.1. The Morgan fingerprint density at radius 1 is 0.957 bits per heavy atom. The number of aliphatic hydroxyl groups is 7. The fourth-order valence-corrected chi connectivity index (χ4v) is 14.5. The summed E-state index contributed by atoms with van der Waals surface area (Å²) in [7, 11) is 3.70. The quantitative estimate of drug-likeness (QED) is 0.122. The van der Waals surface area contributed by atoms with Crippen LogP contribution in [0.1, 0.15) is 128 Å². The number of rotatable bonds is 9.